The highest BCUT2D eigenvalue weighted by Gasteiger charge is 2.50. The number of amides is 3. The summed E-state index contributed by atoms with van der Waals surface area (Å²) >= 11 is 4.78. The number of nitrogens with one attached hydrogen (secondary N) is 1. The van der Waals surface area contributed by atoms with Gasteiger partial charge >= 0.3 is 6.03 Å². The second kappa shape index (κ2) is 5.22. The fourth-order valence-corrected chi connectivity index (χ4v) is 2.95. The Bertz CT molecular complexity index is 376. The summed E-state index contributed by atoms with van der Waals surface area (Å²) in [5.41, 5.74) is 4.74. The number of nitrogens with zero attached hydrogens (tertiary/aromatic N) is 1. The molecule has 0 aromatic rings. The average molecular weight is 269 g/mol. The molecule has 0 atom stereocenters. The van der Waals surface area contributed by atoms with E-state index in [9.17, 15) is 9.59 Å². The molecule has 6 heteroatoms. The molecule has 100 valence electrons. The second-order valence-electron chi connectivity index (χ2n) is 5.14. The topological polar surface area (TPSA) is 75.4 Å². The Labute approximate surface area is 112 Å². The van der Waals surface area contributed by atoms with Crippen LogP contribution in [-0.2, 0) is 4.79 Å². The van der Waals surface area contributed by atoms with Crippen LogP contribution < -0.4 is 11.1 Å². The Hall–Kier alpha value is -1.17. The first-order valence-corrected chi connectivity index (χ1v) is 6.88. The summed E-state index contributed by atoms with van der Waals surface area (Å²) in [7, 11) is 0. The lowest BCUT2D eigenvalue weighted by Gasteiger charge is -2.28. The van der Waals surface area contributed by atoms with Crippen LogP contribution in [0.25, 0.3) is 0 Å². The highest BCUT2D eigenvalue weighted by atomic mass is 32.1. The molecule has 5 nitrogen and oxygen atoms in total. The smallest absolute Gasteiger partial charge is 0.325 e. The maximum absolute atomic E-state index is 12.4. The van der Waals surface area contributed by atoms with Crippen molar-refractivity contribution in [3.63, 3.8) is 0 Å². The van der Waals surface area contributed by atoms with E-state index >= 15 is 0 Å². The van der Waals surface area contributed by atoms with Crippen LogP contribution in [0.15, 0.2) is 0 Å². The van der Waals surface area contributed by atoms with Gasteiger partial charge in [-0.05, 0) is 12.8 Å². The quantitative estimate of drug-likeness (QED) is 0.585. The van der Waals surface area contributed by atoms with Crippen molar-refractivity contribution in [2.24, 2.45) is 5.73 Å². The molecule has 1 aliphatic heterocycles. The van der Waals surface area contributed by atoms with Crippen LogP contribution in [0.1, 0.15) is 44.9 Å². The molecule has 2 aliphatic rings. The van der Waals surface area contributed by atoms with Gasteiger partial charge in [0.15, 0.2) is 0 Å². The van der Waals surface area contributed by atoms with Crippen LogP contribution in [0.5, 0.6) is 0 Å². The number of thiocarbonyl (C=S) groups is 1. The number of hydrogen-bond acceptors (Lipinski definition) is 3. The van der Waals surface area contributed by atoms with E-state index in [-0.39, 0.29) is 23.5 Å². The van der Waals surface area contributed by atoms with Crippen molar-refractivity contribution in [2.75, 3.05) is 6.54 Å². The van der Waals surface area contributed by atoms with Gasteiger partial charge in [-0.1, -0.05) is 44.3 Å². The van der Waals surface area contributed by atoms with Gasteiger partial charge in [-0.15, -0.1) is 0 Å². The van der Waals surface area contributed by atoms with Gasteiger partial charge in [0.25, 0.3) is 5.91 Å². The standard InChI is InChI=1S/C12H19N3O2S/c13-9(18)8-15-10(16)12(14-11(15)17)6-4-2-1-3-5-7-12/h1-8H2,(H2,13,18)(H,14,17). The van der Waals surface area contributed by atoms with Gasteiger partial charge in [0.1, 0.15) is 5.54 Å². The van der Waals surface area contributed by atoms with E-state index in [4.69, 9.17) is 18.0 Å². The minimum atomic E-state index is -0.692. The molecule has 1 aliphatic carbocycles. The minimum absolute atomic E-state index is 0.0434. The Kier molecular flexibility index (Phi) is 3.85. The third kappa shape index (κ3) is 2.48. The fourth-order valence-electron chi connectivity index (χ4n) is 2.82. The first kappa shape index (κ1) is 13.3. The molecule has 0 bridgehead atoms. The van der Waals surface area contributed by atoms with E-state index in [1.807, 2.05) is 0 Å². The lowest BCUT2D eigenvalue weighted by atomic mass is 9.84. The van der Waals surface area contributed by atoms with Crippen LogP contribution >= 0.6 is 12.2 Å². The van der Waals surface area contributed by atoms with Gasteiger partial charge in [0.2, 0.25) is 0 Å². The Morgan fingerprint density at radius 2 is 1.78 bits per heavy atom. The van der Waals surface area contributed by atoms with Gasteiger partial charge in [-0.2, -0.15) is 0 Å². The monoisotopic (exact) mass is 269 g/mol. The molecule has 0 unspecified atom stereocenters. The van der Waals surface area contributed by atoms with Crippen molar-refractivity contribution in [1.82, 2.24) is 10.2 Å². The number of imide groups is 1. The van der Waals surface area contributed by atoms with Crippen molar-refractivity contribution < 1.29 is 9.59 Å². The predicted octanol–water partition coefficient (Wildman–Crippen LogP) is 1.31. The summed E-state index contributed by atoms with van der Waals surface area (Å²) in [6, 6.07) is -0.353. The number of nitrogens with two attached hydrogens (primary N) is 1. The van der Waals surface area contributed by atoms with Crippen molar-refractivity contribution in [3.05, 3.63) is 0 Å². The highest BCUT2D eigenvalue weighted by molar-refractivity contribution is 7.80. The molecule has 3 N–H and O–H groups in total. The van der Waals surface area contributed by atoms with Crippen molar-refractivity contribution in [1.29, 1.82) is 0 Å². The molecular weight excluding hydrogens is 250 g/mol. The first-order chi connectivity index (χ1) is 8.55. The number of carbonyl (C=O) groups is 2. The SMILES string of the molecule is NC(=S)CN1C(=O)NC2(CCCCCCC2)C1=O. The van der Waals surface area contributed by atoms with Crippen LogP contribution in [0, 0.1) is 0 Å². The molecule has 2 fully saturated rings. The zero-order valence-electron chi connectivity index (χ0n) is 10.4. The average Bonchev–Trinajstić information content (AvgIpc) is 2.49. The molecule has 0 aromatic heterocycles. The summed E-state index contributed by atoms with van der Waals surface area (Å²) in [5.74, 6) is -0.151. The normalized spacial score (nSPS) is 23.7. The van der Waals surface area contributed by atoms with Gasteiger partial charge in [0.05, 0.1) is 11.5 Å². The lowest BCUT2D eigenvalue weighted by molar-refractivity contribution is -0.131. The molecule has 2 rings (SSSR count). The predicted molar refractivity (Wildman–Crippen MR) is 72.1 cm³/mol. The summed E-state index contributed by atoms with van der Waals surface area (Å²) in [6.07, 6.45) is 6.88. The lowest BCUT2D eigenvalue weighted by Crippen LogP contribution is -2.47. The number of hydrogen-bond donors (Lipinski definition) is 2. The van der Waals surface area contributed by atoms with Gasteiger partial charge in [0, 0.05) is 0 Å². The van der Waals surface area contributed by atoms with E-state index in [1.165, 1.54) is 6.42 Å². The largest absolute Gasteiger partial charge is 0.392 e. The van der Waals surface area contributed by atoms with E-state index < -0.39 is 5.54 Å². The van der Waals surface area contributed by atoms with Crippen LogP contribution in [0.2, 0.25) is 0 Å². The third-order valence-electron chi connectivity index (χ3n) is 3.77. The summed E-state index contributed by atoms with van der Waals surface area (Å²) < 4.78 is 0. The molecule has 3 amide bonds. The summed E-state index contributed by atoms with van der Waals surface area (Å²) in [6.45, 7) is 0.0434. The highest BCUT2D eigenvalue weighted by Crippen LogP contribution is 2.31. The first-order valence-electron chi connectivity index (χ1n) is 6.48. The van der Waals surface area contributed by atoms with Gasteiger partial charge < -0.3 is 11.1 Å². The maximum Gasteiger partial charge on any atom is 0.325 e. The Morgan fingerprint density at radius 3 is 2.33 bits per heavy atom. The zero-order chi connectivity index (χ0) is 13.2. The zero-order valence-corrected chi connectivity index (χ0v) is 11.2. The van der Waals surface area contributed by atoms with Crippen LogP contribution in [0.3, 0.4) is 0 Å². The Morgan fingerprint density at radius 1 is 1.22 bits per heavy atom. The van der Waals surface area contributed by atoms with E-state index in [2.05, 4.69) is 5.32 Å². The maximum atomic E-state index is 12.4. The molecule has 1 saturated carbocycles. The number of urea groups is 1. The molecule has 0 radical (unpaired) electrons. The number of carbonyl (C=O) groups excluding carboxylic acids is 2. The molecule has 1 heterocycles. The van der Waals surface area contributed by atoms with Gasteiger partial charge in [-0.25, -0.2) is 4.79 Å². The summed E-state index contributed by atoms with van der Waals surface area (Å²) in [4.78, 5) is 25.6. The fraction of sp³-hybridized carbons (Fsp3) is 0.750. The second-order valence-corrected chi connectivity index (χ2v) is 5.66. The van der Waals surface area contributed by atoms with Crippen molar-refractivity contribution in [2.45, 2.75) is 50.5 Å². The van der Waals surface area contributed by atoms with Crippen molar-refractivity contribution >= 4 is 29.1 Å². The van der Waals surface area contributed by atoms with Crippen LogP contribution in [-0.4, -0.2) is 33.9 Å². The number of rotatable bonds is 2. The van der Waals surface area contributed by atoms with Gasteiger partial charge in [-0.3, -0.25) is 9.69 Å². The van der Waals surface area contributed by atoms with Crippen molar-refractivity contribution in [3.8, 4) is 0 Å². The molecule has 1 saturated heterocycles. The minimum Gasteiger partial charge on any atom is -0.392 e. The molecule has 0 aromatic carbocycles. The molecule has 18 heavy (non-hydrogen) atoms. The Balaban J connectivity index is 2.15. The third-order valence-corrected chi connectivity index (χ3v) is 3.90. The van der Waals surface area contributed by atoms with E-state index in [0.29, 0.717) is 0 Å². The molecule has 1 spiro atoms. The van der Waals surface area contributed by atoms with Crippen LogP contribution in [0.4, 0.5) is 4.79 Å². The van der Waals surface area contributed by atoms with E-state index in [0.717, 1.165) is 43.4 Å². The molecular formula is C12H19N3O2S. The van der Waals surface area contributed by atoms with E-state index in [1.54, 1.807) is 0 Å². The summed E-state index contributed by atoms with van der Waals surface area (Å²) in [5, 5.41) is 2.86.